The molecule has 2 aromatic rings. The minimum atomic E-state index is 0.0287. The number of amides is 1. The third-order valence-corrected chi connectivity index (χ3v) is 3.59. The lowest BCUT2D eigenvalue weighted by Crippen LogP contribution is -2.35. The van der Waals surface area contributed by atoms with Crippen molar-refractivity contribution in [1.82, 2.24) is 10.6 Å². The van der Waals surface area contributed by atoms with Crippen molar-refractivity contribution < 1.29 is 9.53 Å². The zero-order valence-electron chi connectivity index (χ0n) is 13.5. The monoisotopic (exact) mass is 312 g/mol. The first-order chi connectivity index (χ1) is 11.3. The van der Waals surface area contributed by atoms with Gasteiger partial charge in [-0.2, -0.15) is 0 Å². The molecule has 0 aliphatic carbocycles. The predicted molar refractivity (Wildman–Crippen MR) is 92.7 cm³/mol. The Kier molecular flexibility index (Phi) is 7.14. The van der Waals surface area contributed by atoms with Crippen LogP contribution in [0.1, 0.15) is 11.1 Å². The number of carbonyl (C=O) groups is 1. The van der Waals surface area contributed by atoms with Crippen LogP contribution >= 0.6 is 0 Å². The van der Waals surface area contributed by atoms with E-state index in [0.717, 1.165) is 30.7 Å². The van der Waals surface area contributed by atoms with E-state index in [1.807, 2.05) is 42.5 Å². The smallest absolute Gasteiger partial charge is 0.233 e. The van der Waals surface area contributed by atoms with Gasteiger partial charge in [-0.3, -0.25) is 4.79 Å². The highest BCUT2D eigenvalue weighted by Gasteiger charge is 2.01. The zero-order valence-corrected chi connectivity index (χ0v) is 13.5. The molecular weight excluding hydrogens is 288 g/mol. The van der Waals surface area contributed by atoms with Crippen LogP contribution in [0.5, 0.6) is 5.75 Å². The van der Waals surface area contributed by atoms with Crippen LogP contribution in [0.2, 0.25) is 0 Å². The van der Waals surface area contributed by atoms with Crippen molar-refractivity contribution in [3.8, 4) is 5.75 Å². The van der Waals surface area contributed by atoms with E-state index in [2.05, 4.69) is 22.8 Å². The second kappa shape index (κ2) is 9.64. The number of ether oxygens (including phenoxy) is 1. The summed E-state index contributed by atoms with van der Waals surface area (Å²) in [6, 6.07) is 18.1. The van der Waals surface area contributed by atoms with Crippen LogP contribution in [0.3, 0.4) is 0 Å². The summed E-state index contributed by atoms with van der Waals surface area (Å²) in [5, 5.41) is 6.09. The number of rotatable bonds is 9. The van der Waals surface area contributed by atoms with Crippen molar-refractivity contribution in [3.05, 3.63) is 65.7 Å². The van der Waals surface area contributed by atoms with Crippen molar-refractivity contribution in [2.45, 2.75) is 12.8 Å². The quantitative estimate of drug-likeness (QED) is 0.698. The molecule has 0 radical (unpaired) electrons. The molecule has 1 amide bonds. The molecule has 122 valence electrons. The standard InChI is InChI=1S/C19H24N2O2/c1-23-18-9-5-8-17(14-18)11-13-21-19(22)15-20-12-10-16-6-3-2-4-7-16/h2-9,14,20H,10-13,15H2,1H3,(H,21,22). The third kappa shape index (κ3) is 6.53. The van der Waals surface area contributed by atoms with Crippen molar-refractivity contribution >= 4 is 5.91 Å². The lowest BCUT2D eigenvalue weighted by Gasteiger charge is -2.08. The van der Waals surface area contributed by atoms with Crippen LogP contribution in [0.4, 0.5) is 0 Å². The molecule has 0 aromatic heterocycles. The summed E-state index contributed by atoms with van der Waals surface area (Å²) in [6.45, 7) is 1.78. The first-order valence-electron chi connectivity index (χ1n) is 7.92. The number of nitrogens with one attached hydrogen (secondary N) is 2. The van der Waals surface area contributed by atoms with Crippen LogP contribution in [0, 0.1) is 0 Å². The van der Waals surface area contributed by atoms with Crippen molar-refractivity contribution in [1.29, 1.82) is 0 Å². The zero-order chi connectivity index (χ0) is 16.3. The van der Waals surface area contributed by atoms with Gasteiger partial charge >= 0.3 is 0 Å². The largest absolute Gasteiger partial charge is 0.497 e. The molecule has 2 aromatic carbocycles. The van der Waals surface area contributed by atoms with Crippen LogP contribution in [0.25, 0.3) is 0 Å². The maximum atomic E-state index is 11.8. The van der Waals surface area contributed by atoms with Gasteiger partial charge in [-0.25, -0.2) is 0 Å². The van der Waals surface area contributed by atoms with Crippen molar-refractivity contribution in [2.24, 2.45) is 0 Å². The number of hydrogen-bond donors (Lipinski definition) is 2. The summed E-state index contributed by atoms with van der Waals surface area (Å²) < 4.78 is 5.19. The highest BCUT2D eigenvalue weighted by molar-refractivity contribution is 5.77. The summed E-state index contributed by atoms with van der Waals surface area (Å²) in [4.78, 5) is 11.8. The predicted octanol–water partition coefficient (Wildman–Crippen LogP) is 2.19. The molecule has 0 saturated carbocycles. The van der Waals surface area contributed by atoms with Crippen molar-refractivity contribution in [3.63, 3.8) is 0 Å². The fourth-order valence-corrected chi connectivity index (χ4v) is 2.32. The van der Waals surface area contributed by atoms with Gasteiger partial charge in [-0.15, -0.1) is 0 Å². The van der Waals surface area contributed by atoms with E-state index < -0.39 is 0 Å². The SMILES string of the molecule is COc1cccc(CCNC(=O)CNCCc2ccccc2)c1. The molecule has 0 aliphatic rings. The average molecular weight is 312 g/mol. The molecule has 0 saturated heterocycles. The Morgan fingerprint density at radius 3 is 2.48 bits per heavy atom. The molecule has 0 spiro atoms. The summed E-state index contributed by atoms with van der Waals surface area (Å²) in [5.74, 6) is 0.873. The highest BCUT2D eigenvalue weighted by Crippen LogP contribution is 2.12. The van der Waals surface area contributed by atoms with Crippen LogP contribution in [0.15, 0.2) is 54.6 Å². The average Bonchev–Trinajstić information content (AvgIpc) is 2.60. The third-order valence-electron chi connectivity index (χ3n) is 3.59. The fraction of sp³-hybridized carbons (Fsp3) is 0.316. The molecule has 0 bridgehead atoms. The summed E-state index contributed by atoms with van der Waals surface area (Å²) in [7, 11) is 1.65. The molecule has 0 heterocycles. The number of benzene rings is 2. The lowest BCUT2D eigenvalue weighted by atomic mass is 10.1. The van der Waals surface area contributed by atoms with Crippen LogP contribution < -0.4 is 15.4 Å². The van der Waals surface area contributed by atoms with Gasteiger partial charge in [-0.05, 0) is 42.6 Å². The van der Waals surface area contributed by atoms with Gasteiger partial charge in [0.25, 0.3) is 0 Å². The van der Waals surface area contributed by atoms with E-state index in [-0.39, 0.29) is 5.91 Å². The number of carbonyl (C=O) groups excluding carboxylic acids is 1. The Hall–Kier alpha value is -2.33. The molecule has 4 nitrogen and oxygen atoms in total. The Morgan fingerprint density at radius 2 is 1.70 bits per heavy atom. The molecular formula is C19H24N2O2. The number of hydrogen-bond acceptors (Lipinski definition) is 3. The van der Waals surface area contributed by atoms with E-state index >= 15 is 0 Å². The first-order valence-corrected chi connectivity index (χ1v) is 7.92. The molecule has 0 aliphatic heterocycles. The maximum Gasteiger partial charge on any atom is 0.233 e. The molecule has 0 atom stereocenters. The van der Waals surface area contributed by atoms with Gasteiger partial charge in [0.15, 0.2) is 0 Å². The van der Waals surface area contributed by atoms with Crippen molar-refractivity contribution in [2.75, 3.05) is 26.7 Å². The molecule has 2 N–H and O–H groups in total. The van der Waals surface area contributed by atoms with E-state index in [9.17, 15) is 4.79 Å². The van der Waals surface area contributed by atoms with Gasteiger partial charge in [0.05, 0.1) is 13.7 Å². The summed E-state index contributed by atoms with van der Waals surface area (Å²) >= 11 is 0. The van der Waals surface area contributed by atoms with Gasteiger partial charge in [0.1, 0.15) is 5.75 Å². The number of methoxy groups -OCH3 is 1. The van der Waals surface area contributed by atoms with E-state index in [1.54, 1.807) is 7.11 Å². The van der Waals surface area contributed by atoms with E-state index in [4.69, 9.17) is 4.74 Å². The van der Waals surface area contributed by atoms with Gasteiger partial charge in [0, 0.05) is 6.54 Å². The normalized spacial score (nSPS) is 10.3. The maximum absolute atomic E-state index is 11.8. The highest BCUT2D eigenvalue weighted by atomic mass is 16.5. The topological polar surface area (TPSA) is 50.4 Å². The first kappa shape index (κ1) is 17.0. The Morgan fingerprint density at radius 1 is 0.957 bits per heavy atom. The van der Waals surface area contributed by atoms with Gasteiger partial charge in [0.2, 0.25) is 5.91 Å². The molecule has 0 unspecified atom stereocenters. The van der Waals surface area contributed by atoms with Crippen LogP contribution in [-0.2, 0) is 17.6 Å². The second-order valence-corrected chi connectivity index (χ2v) is 5.36. The minimum Gasteiger partial charge on any atom is -0.497 e. The minimum absolute atomic E-state index is 0.0287. The molecule has 2 rings (SSSR count). The van der Waals surface area contributed by atoms with E-state index in [1.165, 1.54) is 5.56 Å². The molecule has 0 fully saturated rings. The van der Waals surface area contributed by atoms with E-state index in [0.29, 0.717) is 13.1 Å². The second-order valence-electron chi connectivity index (χ2n) is 5.36. The Balaban J connectivity index is 1.58. The lowest BCUT2D eigenvalue weighted by molar-refractivity contribution is -0.120. The van der Waals surface area contributed by atoms with Crippen LogP contribution in [-0.4, -0.2) is 32.7 Å². The molecule has 23 heavy (non-hydrogen) atoms. The summed E-state index contributed by atoms with van der Waals surface area (Å²) in [5.41, 5.74) is 2.43. The Labute approximate surface area is 137 Å². The Bertz CT molecular complexity index is 599. The fourth-order valence-electron chi connectivity index (χ4n) is 2.32. The van der Waals surface area contributed by atoms with Gasteiger partial charge < -0.3 is 15.4 Å². The summed E-state index contributed by atoms with van der Waals surface area (Å²) in [6.07, 6.45) is 1.73. The van der Waals surface area contributed by atoms with Gasteiger partial charge in [-0.1, -0.05) is 42.5 Å². The molecule has 4 heteroatoms.